The fraction of sp³-hybridized carbons (Fsp3) is 0.429. The highest BCUT2D eigenvalue weighted by Gasteiger charge is 2.47. The Kier molecular flexibility index (Phi) is 3.04. The van der Waals surface area contributed by atoms with Gasteiger partial charge in [0.05, 0.1) is 17.2 Å². The second-order valence-corrected chi connectivity index (χ2v) is 5.65. The molecule has 6 heteroatoms. The highest BCUT2D eigenvalue weighted by molar-refractivity contribution is 6.01. The van der Waals surface area contributed by atoms with E-state index in [1.54, 1.807) is 20.8 Å². The molecule has 0 radical (unpaired) electrons. The maximum Gasteiger partial charge on any atom is 0.417 e. The number of halogens is 3. The van der Waals surface area contributed by atoms with Crippen molar-refractivity contribution in [1.29, 1.82) is 5.26 Å². The summed E-state index contributed by atoms with van der Waals surface area (Å²) in [5, 5.41) is 9.23. The van der Waals surface area contributed by atoms with E-state index in [9.17, 15) is 23.2 Å². The molecule has 1 heterocycles. The average molecular weight is 282 g/mol. The number of fused-ring (bicyclic) bond motifs is 1. The van der Waals surface area contributed by atoms with Crippen LogP contribution in [0.5, 0.6) is 0 Å². The van der Waals surface area contributed by atoms with Crippen LogP contribution in [0, 0.1) is 11.3 Å². The summed E-state index contributed by atoms with van der Waals surface area (Å²) in [4.78, 5) is 13.6. The zero-order chi connectivity index (χ0) is 15.3. The number of hydrogen-bond acceptors (Lipinski definition) is 2. The zero-order valence-corrected chi connectivity index (χ0v) is 11.2. The number of nitrogens with zero attached hydrogens (tertiary/aromatic N) is 2. The van der Waals surface area contributed by atoms with Crippen LogP contribution in [0.1, 0.15) is 48.3 Å². The minimum Gasteiger partial charge on any atom is -0.314 e. The van der Waals surface area contributed by atoms with Gasteiger partial charge in [-0.2, -0.15) is 18.4 Å². The molecule has 0 spiro atoms. The molecule has 1 aromatic rings. The molecule has 1 aliphatic rings. The largest absolute Gasteiger partial charge is 0.417 e. The lowest BCUT2D eigenvalue weighted by Gasteiger charge is -2.34. The second-order valence-electron chi connectivity index (χ2n) is 5.65. The molecule has 0 aromatic heterocycles. The number of nitriles is 1. The van der Waals surface area contributed by atoms with Gasteiger partial charge in [-0.1, -0.05) is 12.1 Å². The Bertz CT molecular complexity index is 608. The van der Waals surface area contributed by atoms with Crippen LogP contribution in [0.3, 0.4) is 0 Å². The van der Waals surface area contributed by atoms with Gasteiger partial charge >= 0.3 is 6.18 Å². The Morgan fingerprint density at radius 3 is 2.30 bits per heavy atom. The summed E-state index contributed by atoms with van der Waals surface area (Å²) in [7, 11) is 0. The van der Waals surface area contributed by atoms with Gasteiger partial charge < -0.3 is 4.90 Å². The molecule has 2 rings (SSSR count). The Balaban J connectivity index is 2.71. The van der Waals surface area contributed by atoms with Gasteiger partial charge in [0.2, 0.25) is 0 Å². The molecule has 0 saturated heterocycles. The Hall–Kier alpha value is -2.03. The molecule has 0 bridgehead atoms. The number of carbonyl (C=O) groups excluding carboxylic acids is 1. The molecule has 0 N–H and O–H groups in total. The number of carbonyl (C=O) groups is 1. The standard InChI is InChI=1S/C14H13F3N2O/c1-13(2,3)19-10(7-18)8-5-4-6-9(14(15,16)17)11(8)12(19)20/h4-6,10H,1-3H3. The minimum atomic E-state index is -4.62. The van der Waals surface area contributed by atoms with Crippen LogP contribution in [0.4, 0.5) is 13.2 Å². The molecule has 3 nitrogen and oxygen atoms in total. The third kappa shape index (κ3) is 2.03. The van der Waals surface area contributed by atoms with Gasteiger partial charge in [-0.3, -0.25) is 4.79 Å². The van der Waals surface area contributed by atoms with Gasteiger partial charge in [0.25, 0.3) is 5.91 Å². The highest BCUT2D eigenvalue weighted by atomic mass is 19.4. The molecule has 1 aliphatic heterocycles. The van der Waals surface area contributed by atoms with Crippen LogP contribution in [0.15, 0.2) is 18.2 Å². The molecule has 1 aromatic carbocycles. The SMILES string of the molecule is CC(C)(C)N1C(=O)c2c(cccc2C(F)(F)F)C1C#N. The lowest BCUT2D eigenvalue weighted by atomic mass is 9.99. The Morgan fingerprint density at radius 1 is 1.25 bits per heavy atom. The monoisotopic (exact) mass is 282 g/mol. The van der Waals surface area contributed by atoms with Crippen LogP contribution in [0.2, 0.25) is 0 Å². The third-order valence-corrected chi connectivity index (χ3v) is 3.23. The van der Waals surface area contributed by atoms with Gasteiger partial charge in [0, 0.05) is 11.1 Å². The first-order valence-corrected chi connectivity index (χ1v) is 6.02. The van der Waals surface area contributed by atoms with Gasteiger partial charge in [0.1, 0.15) is 6.04 Å². The van der Waals surface area contributed by atoms with Crippen molar-refractivity contribution in [1.82, 2.24) is 4.90 Å². The topological polar surface area (TPSA) is 44.1 Å². The number of alkyl halides is 3. The third-order valence-electron chi connectivity index (χ3n) is 3.23. The molecule has 1 amide bonds. The van der Waals surface area contributed by atoms with Crippen LogP contribution in [-0.2, 0) is 6.18 Å². The maximum atomic E-state index is 13.0. The average Bonchev–Trinajstić information content (AvgIpc) is 2.60. The fourth-order valence-electron chi connectivity index (χ4n) is 2.47. The lowest BCUT2D eigenvalue weighted by Crippen LogP contribution is -2.43. The number of benzene rings is 1. The second kappa shape index (κ2) is 4.23. The van der Waals surface area contributed by atoms with Gasteiger partial charge in [0.15, 0.2) is 0 Å². The summed E-state index contributed by atoms with van der Waals surface area (Å²) in [5.74, 6) is -0.744. The molecule has 106 valence electrons. The lowest BCUT2D eigenvalue weighted by molar-refractivity contribution is -0.138. The van der Waals surface area contributed by atoms with Crippen LogP contribution < -0.4 is 0 Å². The van der Waals surface area contributed by atoms with Gasteiger partial charge in [-0.15, -0.1) is 0 Å². The van der Waals surface area contributed by atoms with E-state index >= 15 is 0 Å². The van der Waals surface area contributed by atoms with Crippen molar-refractivity contribution in [2.24, 2.45) is 0 Å². The minimum absolute atomic E-state index is 0.127. The normalized spacial score (nSPS) is 18.9. The number of amides is 1. The molecule has 1 unspecified atom stereocenters. The fourth-order valence-corrected chi connectivity index (χ4v) is 2.47. The van der Waals surface area contributed by atoms with E-state index < -0.39 is 34.8 Å². The first-order valence-electron chi connectivity index (χ1n) is 6.02. The van der Waals surface area contributed by atoms with Crippen molar-refractivity contribution < 1.29 is 18.0 Å². The van der Waals surface area contributed by atoms with E-state index in [4.69, 9.17) is 0 Å². The van der Waals surface area contributed by atoms with E-state index in [1.165, 1.54) is 17.0 Å². The van der Waals surface area contributed by atoms with Crippen LogP contribution in [-0.4, -0.2) is 16.3 Å². The predicted molar refractivity (Wildman–Crippen MR) is 65.7 cm³/mol. The van der Waals surface area contributed by atoms with Crippen molar-refractivity contribution >= 4 is 5.91 Å². The first kappa shape index (κ1) is 14.4. The summed E-state index contributed by atoms with van der Waals surface area (Å²) in [5.41, 5.74) is -1.99. The Labute approximate surface area is 114 Å². The molecule has 0 aliphatic carbocycles. The first-order chi connectivity index (χ1) is 9.09. The van der Waals surface area contributed by atoms with Gasteiger partial charge in [-0.25, -0.2) is 0 Å². The van der Waals surface area contributed by atoms with Crippen LogP contribution in [0.25, 0.3) is 0 Å². The van der Waals surface area contributed by atoms with E-state index in [0.29, 0.717) is 0 Å². The molecule has 20 heavy (non-hydrogen) atoms. The summed E-state index contributed by atoms with van der Waals surface area (Å²) >= 11 is 0. The van der Waals surface area contributed by atoms with Crippen molar-refractivity contribution in [2.75, 3.05) is 0 Å². The van der Waals surface area contributed by atoms with Crippen molar-refractivity contribution in [2.45, 2.75) is 38.5 Å². The van der Waals surface area contributed by atoms with Gasteiger partial charge in [-0.05, 0) is 26.8 Å². The number of hydrogen-bond donors (Lipinski definition) is 0. The molecule has 1 atom stereocenters. The van der Waals surface area contributed by atoms with Crippen molar-refractivity contribution in [3.8, 4) is 6.07 Å². The highest BCUT2D eigenvalue weighted by Crippen LogP contribution is 2.43. The molecular formula is C14H13F3N2O. The van der Waals surface area contributed by atoms with E-state index in [1.807, 2.05) is 6.07 Å². The summed E-state index contributed by atoms with van der Waals surface area (Å²) in [6.45, 7) is 5.07. The van der Waals surface area contributed by atoms with Crippen molar-refractivity contribution in [3.63, 3.8) is 0 Å². The smallest absolute Gasteiger partial charge is 0.314 e. The van der Waals surface area contributed by atoms with Crippen molar-refractivity contribution in [3.05, 3.63) is 34.9 Å². The molecular weight excluding hydrogens is 269 g/mol. The van der Waals surface area contributed by atoms with E-state index in [0.717, 1.165) is 6.07 Å². The zero-order valence-electron chi connectivity index (χ0n) is 11.2. The van der Waals surface area contributed by atoms with E-state index in [-0.39, 0.29) is 5.56 Å². The summed E-state index contributed by atoms with van der Waals surface area (Å²) in [6, 6.07) is 4.44. The quantitative estimate of drug-likeness (QED) is 0.730. The molecule has 0 saturated carbocycles. The maximum absolute atomic E-state index is 13.0. The number of rotatable bonds is 0. The van der Waals surface area contributed by atoms with Crippen LogP contribution >= 0.6 is 0 Å². The predicted octanol–water partition coefficient (Wildman–Crippen LogP) is 3.52. The molecule has 0 fully saturated rings. The summed E-state index contributed by atoms with van der Waals surface area (Å²) < 4.78 is 39.1. The Morgan fingerprint density at radius 2 is 1.85 bits per heavy atom. The summed E-state index contributed by atoms with van der Waals surface area (Å²) in [6.07, 6.45) is -4.62. The van der Waals surface area contributed by atoms with E-state index in [2.05, 4.69) is 0 Å².